The monoisotopic (exact) mass is 249 g/mol. The average Bonchev–Trinajstić information content (AvgIpc) is 2.38. The van der Waals surface area contributed by atoms with Gasteiger partial charge in [-0.15, -0.1) is 0 Å². The van der Waals surface area contributed by atoms with Crippen LogP contribution in [0.25, 0.3) is 10.9 Å². The summed E-state index contributed by atoms with van der Waals surface area (Å²) in [6, 6.07) is 7.58. The summed E-state index contributed by atoms with van der Waals surface area (Å²) in [5.74, 6) is 0.223. The zero-order valence-corrected chi connectivity index (χ0v) is 10.4. The van der Waals surface area contributed by atoms with Crippen LogP contribution in [0, 0.1) is 6.92 Å². The van der Waals surface area contributed by atoms with Crippen molar-refractivity contribution in [2.24, 2.45) is 0 Å². The maximum atomic E-state index is 10.0. The van der Waals surface area contributed by atoms with Crippen molar-refractivity contribution in [3.8, 4) is 0 Å². The first-order chi connectivity index (χ1) is 8.15. The third-order valence-corrected chi connectivity index (χ3v) is 3.31. The van der Waals surface area contributed by atoms with Gasteiger partial charge in [-0.25, -0.2) is 0 Å². The Bertz CT molecular complexity index is 530. The predicted octanol–water partition coefficient (Wildman–Crippen LogP) is 1.87. The molecule has 0 aliphatic carbocycles. The van der Waals surface area contributed by atoms with E-state index in [0.717, 1.165) is 16.5 Å². The molecular weight excluding hydrogens is 234 g/mol. The normalized spacial score (nSPS) is 14.8. The van der Waals surface area contributed by atoms with Crippen LogP contribution >= 0.6 is 12.6 Å². The summed E-state index contributed by atoms with van der Waals surface area (Å²) >= 11 is 3.99. The maximum absolute atomic E-state index is 10.0. The number of aryl methyl sites for hydroxylation is 1. The molecule has 0 aliphatic rings. The highest BCUT2D eigenvalue weighted by atomic mass is 32.1. The molecule has 2 aromatic rings. The number of aliphatic hydroxyl groups is 2. The number of fused-ring (bicyclic) bond motifs is 1. The lowest BCUT2D eigenvalue weighted by Gasteiger charge is -2.19. The Morgan fingerprint density at radius 2 is 2.06 bits per heavy atom. The molecule has 0 bridgehead atoms. The summed E-state index contributed by atoms with van der Waals surface area (Å²) in [7, 11) is 0. The minimum Gasteiger partial charge on any atom is -0.389 e. The van der Waals surface area contributed by atoms with E-state index in [1.54, 1.807) is 6.20 Å². The topological polar surface area (TPSA) is 53.4 Å². The molecule has 90 valence electrons. The fraction of sp³-hybridized carbons (Fsp3) is 0.308. The molecular formula is C13H15NO2S. The first-order valence-corrected chi connectivity index (χ1v) is 6.09. The zero-order valence-electron chi connectivity index (χ0n) is 9.54. The van der Waals surface area contributed by atoms with Crippen molar-refractivity contribution >= 4 is 23.5 Å². The molecule has 0 spiro atoms. The van der Waals surface area contributed by atoms with Gasteiger partial charge in [0, 0.05) is 17.3 Å². The predicted molar refractivity (Wildman–Crippen MR) is 71.3 cm³/mol. The van der Waals surface area contributed by atoms with Gasteiger partial charge in [-0.1, -0.05) is 18.2 Å². The second-order valence-corrected chi connectivity index (χ2v) is 4.41. The first kappa shape index (κ1) is 12.4. The van der Waals surface area contributed by atoms with Gasteiger partial charge < -0.3 is 10.2 Å². The van der Waals surface area contributed by atoms with Crippen LogP contribution in [0.1, 0.15) is 17.2 Å². The molecule has 2 atom stereocenters. The highest BCUT2D eigenvalue weighted by Gasteiger charge is 2.19. The minimum atomic E-state index is -0.918. The molecule has 0 fully saturated rings. The third kappa shape index (κ3) is 2.29. The van der Waals surface area contributed by atoms with Crippen LogP contribution < -0.4 is 0 Å². The second kappa shape index (κ2) is 5.04. The maximum Gasteiger partial charge on any atom is 0.106 e. The van der Waals surface area contributed by atoms with Crippen LogP contribution in [0.3, 0.4) is 0 Å². The summed E-state index contributed by atoms with van der Waals surface area (Å²) < 4.78 is 0. The number of hydrogen-bond acceptors (Lipinski definition) is 4. The van der Waals surface area contributed by atoms with Gasteiger partial charge in [-0.3, -0.25) is 4.98 Å². The van der Waals surface area contributed by atoms with Gasteiger partial charge in [0.25, 0.3) is 0 Å². The number of aromatic nitrogens is 1. The zero-order chi connectivity index (χ0) is 12.4. The van der Waals surface area contributed by atoms with Crippen LogP contribution in [0.2, 0.25) is 0 Å². The van der Waals surface area contributed by atoms with Crippen molar-refractivity contribution < 1.29 is 10.2 Å². The van der Waals surface area contributed by atoms with Gasteiger partial charge in [-0.2, -0.15) is 12.6 Å². The number of thiol groups is 1. The van der Waals surface area contributed by atoms with Gasteiger partial charge in [-0.05, 0) is 24.1 Å². The molecule has 17 heavy (non-hydrogen) atoms. The fourth-order valence-corrected chi connectivity index (χ4v) is 2.13. The van der Waals surface area contributed by atoms with E-state index in [9.17, 15) is 10.2 Å². The highest BCUT2D eigenvalue weighted by Crippen LogP contribution is 2.26. The molecule has 0 amide bonds. The molecule has 2 N–H and O–H groups in total. The molecule has 2 unspecified atom stereocenters. The molecule has 2 rings (SSSR count). The minimum absolute atomic E-state index is 0.223. The van der Waals surface area contributed by atoms with Crippen LogP contribution in [0.4, 0.5) is 0 Å². The van der Waals surface area contributed by atoms with Crippen molar-refractivity contribution in [1.29, 1.82) is 0 Å². The lowest BCUT2D eigenvalue weighted by Crippen LogP contribution is -2.20. The molecule has 1 aromatic carbocycles. The van der Waals surface area contributed by atoms with Crippen molar-refractivity contribution in [2.45, 2.75) is 19.1 Å². The van der Waals surface area contributed by atoms with E-state index in [1.807, 2.05) is 31.2 Å². The SMILES string of the molecule is Cc1c(C(O)C(O)CS)ccc2cccnc12. The first-order valence-electron chi connectivity index (χ1n) is 5.46. The smallest absolute Gasteiger partial charge is 0.106 e. The number of nitrogens with zero attached hydrogens (tertiary/aromatic N) is 1. The molecule has 0 saturated heterocycles. The largest absolute Gasteiger partial charge is 0.389 e. The lowest BCUT2D eigenvalue weighted by molar-refractivity contribution is 0.0334. The van der Waals surface area contributed by atoms with E-state index >= 15 is 0 Å². The molecule has 3 nitrogen and oxygen atoms in total. The van der Waals surface area contributed by atoms with Crippen LogP contribution in [0.15, 0.2) is 30.5 Å². The van der Waals surface area contributed by atoms with E-state index in [4.69, 9.17) is 0 Å². The Kier molecular flexibility index (Phi) is 3.66. The average molecular weight is 249 g/mol. The highest BCUT2D eigenvalue weighted by molar-refractivity contribution is 7.80. The van der Waals surface area contributed by atoms with Crippen LogP contribution in [0.5, 0.6) is 0 Å². The van der Waals surface area contributed by atoms with Crippen LogP contribution in [-0.4, -0.2) is 27.1 Å². The van der Waals surface area contributed by atoms with E-state index in [2.05, 4.69) is 17.6 Å². The Balaban J connectivity index is 2.52. The van der Waals surface area contributed by atoms with Gasteiger partial charge in [0.2, 0.25) is 0 Å². The summed E-state index contributed by atoms with van der Waals surface area (Å²) in [4.78, 5) is 4.30. The molecule has 1 aromatic heterocycles. The summed E-state index contributed by atoms with van der Waals surface area (Å²) in [6.45, 7) is 1.90. The molecule has 4 heteroatoms. The van der Waals surface area contributed by atoms with Crippen molar-refractivity contribution in [2.75, 3.05) is 5.75 Å². The Labute approximate surface area is 106 Å². The number of hydrogen-bond donors (Lipinski definition) is 3. The Morgan fingerprint density at radius 3 is 2.76 bits per heavy atom. The van der Waals surface area contributed by atoms with Crippen molar-refractivity contribution in [3.05, 3.63) is 41.6 Å². The molecule has 0 aliphatic heterocycles. The Morgan fingerprint density at radius 1 is 1.29 bits per heavy atom. The summed E-state index contributed by atoms with van der Waals surface area (Å²) in [5, 5.41) is 20.7. The number of aliphatic hydroxyl groups excluding tert-OH is 2. The van der Waals surface area contributed by atoms with E-state index < -0.39 is 12.2 Å². The van der Waals surface area contributed by atoms with Gasteiger partial charge in [0.1, 0.15) is 6.10 Å². The quantitative estimate of drug-likeness (QED) is 0.728. The fourth-order valence-electron chi connectivity index (χ4n) is 1.93. The van der Waals surface area contributed by atoms with Crippen LogP contribution in [-0.2, 0) is 0 Å². The number of benzene rings is 1. The van der Waals surface area contributed by atoms with Gasteiger partial charge in [0.05, 0.1) is 11.6 Å². The third-order valence-electron chi connectivity index (χ3n) is 2.94. The van der Waals surface area contributed by atoms with Crippen molar-refractivity contribution in [3.63, 3.8) is 0 Å². The molecule has 0 radical (unpaired) electrons. The van der Waals surface area contributed by atoms with Crippen molar-refractivity contribution in [1.82, 2.24) is 4.98 Å². The van der Waals surface area contributed by atoms with Gasteiger partial charge in [0.15, 0.2) is 0 Å². The summed E-state index contributed by atoms with van der Waals surface area (Å²) in [5.41, 5.74) is 2.46. The van der Waals surface area contributed by atoms with E-state index in [0.29, 0.717) is 5.56 Å². The van der Waals surface area contributed by atoms with E-state index in [1.165, 1.54) is 0 Å². The number of rotatable bonds is 3. The summed E-state index contributed by atoms with van der Waals surface area (Å²) in [6.07, 6.45) is -0.0577. The number of pyridine rings is 1. The van der Waals surface area contributed by atoms with E-state index in [-0.39, 0.29) is 5.75 Å². The Hall–Kier alpha value is -1.10. The molecule has 1 heterocycles. The standard InChI is InChI=1S/C13H15NO2S/c1-8-10(13(16)11(15)7-17)5-4-9-3-2-6-14-12(8)9/h2-6,11,13,15-17H,7H2,1H3. The molecule has 0 saturated carbocycles. The van der Waals surface area contributed by atoms with Gasteiger partial charge >= 0.3 is 0 Å². The lowest BCUT2D eigenvalue weighted by atomic mass is 9.97. The second-order valence-electron chi connectivity index (χ2n) is 4.05.